The number of hydrogen-bond acceptors (Lipinski definition) is 3. The van der Waals surface area contributed by atoms with Crippen LogP contribution in [0.25, 0.3) is 0 Å². The van der Waals surface area contributed by atoms with Crippen molar-refractivity contribution in [3.05, 3.63) is 65.7 Å². The van der Waals surface area contributed by atoms with Gasteiger partial charge < -0.3 is 0 Å². The van der Waals surface area contributed by atoms with Gasteiger partial charge in [0.1, 0.15) is 6.17 Å². The SMILES string of the molecule is Cc1cccc(S(=O)(=O)N2CC3CCCN3C2c2ccccc2)c1. The highest BCUT2D eigenvalue weighted by molar-refractivity contribution is 7.89. The Balaban J connectivity index is 1.78. The normalized spacial score (nSPS) is 25.0. The topological polar surface area (TPSA) is 40.6 Å². The van der Waals surface area contributed by atoms with Gasteiger partial charge in [-0.05, 0) is 43.0 Å². The van der Waals surface area contributed by atoms with Crippen LogP contribution >= 0.6 is 0 Å². The van der Waals surface area contributed by atoms with E-state index in [1.54, 1.807) is 16.4 Å². The fourth-order valence-corrected chi connectivity index (χ4v) is 5.70. The first-order chi connectivity index (χ1) is 11.6. The van der Waals surface area contributed by atoms with Gasteiger partial charge >= 0.3 is 0 Å². The number of benzene rings is 2. The van der Waals surface area contributed by atoms with E-state index in [4.69, 9.17) is 0 Å². The van der Waals surface area contributed by atoms with Crippen LogP contribution in [0.5, 0.6) is 0 Å². The molecular formula is C19H22N2O2S. The van der Waals surface area contributed by atoms with E-state index >= 15 is 0 Å². The van der Waals surface area contributed by atoms with Gasteiger partial charge in [0, 0.05) is 19.1 Å². The molecule has 2 aliphatic rings. The van der Waals surface area contributed by atoms with E-state index in [1.165, 1.54) is 0 Å². The molecule has 0 radical (unpaired) electrons. The van der Waals surface area contributed by atoms with Gasteiger partial charge in [0.05, 0.1) is 4.90 Å². The molecule has 2 aromatic carbocycles. The Kier molecular flexibility index (Phi) is 3.95. The van der Waals surface area contributed by atoms with Crippen molar-refractivity contribution in [2.75, 3.05) is 13.1 Å². The van der Waals surface area contributed by atoms with Crippen molar-refractivity contribution in [2.45, 2.75) is 36.9 Å². The Labute approximate surface area is 143 Å². The Bertz CT molecular complexity index is 835. The van der Waals surface area contributed by atoms with Gasteiger partial charge in [0.25, 0.3) is 0 Å². The van der Waals surface area contributed by atoms with E-state index in [0.717, 1.165) is 30.5 Å². The lowest BCUT2D eigenvalue weighted by Crippen LogP contribution is -2.35. The van der Waals surface area contributed by atoms with Crippen LogP contribution in [0.15, 0.2) is 59.5 Å². The summed E-state index contributed by atoms with van der Waals surface area (Å²) in [5.41, 5.74) is 2.02. The molecule has 2 fully saturated rings. The Morgan fingerprint density at radius 1 is 1.04 bits per heavy atom. The zero-order valence-corrected chi connectivity index (χ0v) is 14.6. The van der Waals surface area contributed by atoms with Crippen molar-refractivity contribution >= 4 is 10.0 Å². The van der Waals surface area contributed by atoms with Crippen molar-refractivity contribution in [2.24, 2.45) is 0 Å². The highest BCUT2D eigenvalue weighted by atomic mass is 32.2. The number of sulfonamides is 1. The fraction of sp³-hybridized carbons (Fsp3) is 0.368. The minimum atomic E-state index is -3.51. The minimum absolute atomic E-state index is 0.191. The third-order valence-electron chi connectivity index (χ3n) is 5.09. The summed E-state index contributed by atoms with van der Waals surface area (Å²) in [5, 5.41) is 0. The molecule has 2 saturated heterocycles. The van der Waals surface area contributed by atoms with Gasteiger partial charge in [-0.2, -0.15) is 4.31 Å². The molecule has 0 saturated carbocycles. The number of nitrogens with zero attached hydrogens (tertiary/aromatic N) is 2. The number of aryl methyl sites for hydroxylation is 1. The fourth-order valence-electron chi connectivity index (χ4n) is 3.97. The van der Waals surface area contributed by atoms with E-state index in [9.17, 15) is 8.42 Å². The van der Waals surface area contributed by atoms with Gasteiger partial charge in [0.2, 0.25) is 10.0 Å². The van der Waals surface area contributed by atoms with Gasteiger partial charge in [-0.3, -0.25) is 4.90 Å². The zero-order valence-electron chi connectivity index (χ0n) is 13.8. The van der Waals surface area contributed by atoms with Crippen LogP contribution in [0.4, 0.5) is 0 Å². The van der Waals surface area contributed by atoms with Crippen LogP contribution in [-0.4, -0.2) is 36.8 Å². The summed E-state index contributed by atoms with van der Waals surface area (Å²) in [6.45, 7) is 3.47. The third-order valence-corrected chi connectivity index (χ3v) is 6.91. The maximum atomic E-state index is 13.3. The lowest BCUT2D eigenvalue weighted by atomic mass is 10.1. The first-order valence-corrected chi connectivity index (χ1v) is 9.90. The first-order valence-electron chi connectivity index (χ1n) is 8.46. The lowest BCUT2D eigenvalue weighted by Gasteiger charge is -2.29. The van der Waals surface area contributed by atoms with Crippen molar-refractivity contribution in [1.29, 1.82) is 0 Å². The molecule has 24 heavy (non-hydrogen) atoms. The van der Waals surface area contributed by atoms with Crippen molar-refractivity contribution in [1.82, 2.24) is 9.21 Å². The molecule has 0 aliphatic carbocycles. The van der Waals surface area contributed by atoms with E-state index in [2.05, 4.69) is 4.90 Å². The Hall–Kier alpha value is -1.69. The quantitative estimate of drug-likeness (QED) is 0.860. The molecule has 2 aromatic rings. The average Bonchev–Trinajstić information content (AvgIpc) is 3.16. The maximum Gasteiger partial charge on any atom is 0.244 e. The second-order valence-corrected chi connectivity index (χ2v) is 8.60. The minimum Gasteiger partial charge on any atom is -0.279 e. The summed E-state index contributed by atoms with van der Waals surface area (Å²) < 4.78 is 28.3. The van der Waals surface area contributed by atoms with Crippen molar-refractivity contribution in [3.8, 4) is 0 Å². The molecule has 4 nitrogen and oxygen atoms in total. The zero-order chi connectivity index (χ0) is 16.7. The highest BCUT2D eigenvalue weighted by Crippen LogP contribution is 2.41. The molecule has 2 unspecified atom stereocenters. The Morgan fingerprint density at radius 3 is 2.58 bits per heavy atom. The average molecular weight is 342 g/mol. The van der Waals surface area contributed by atoms with Crippen LogP contribution in [0.1, 0.15) is 30.1 Å². The summed E-state index contributed by atoms with van der Waals surface area (Å²) in [4.78, 5) is 2.74. The van der Waals surface area contributed by atoms with E-state index in [1.807, 2.05) is 49.4 Å². The molecule has 0 bridgehead atoms. The molecule has 0 spiro atoms. The number of fused-ring (bicyclic) bond motifs is 1. The number of rotatable bonds is 3. The van der Waals surface area contributed by atoms with Crippen molar-refractivity contribution in [3.63, 3.8) is 0 Å². The summed E-state index contributed by atoms with van der Waals surface area (Å²) in [5.74, 6) is 0. The van der Waals surface area contributed by atoms with E-state index in [-0.39, 0.29) is 6.17 Å². The van der Waals surface area contributed by atoms with Crippen LogP contribution in [0.2, 0.25) is 0 Å². The first kappa shape index (κ1) is 15.8. The summed E-state index contributed by atoms with van der Waals surface area (Å²) in [6, 6.07) is 17.5. The molecule has 4 rings (SSSR count). The summed E-state index contributed by atoms with van der Waals surface area (Å²) >= 11 is 0. The van der Waals surface area contributed by atoms with Crippen LogP contribution in [-0.2, 0) is 10.0 Å². The third kappa shape index (κ3) is 2.57. The molecule has 2 atom stereocenters. The molecule has 2 aliphatic heterocycles. The smallest absolute Gasteiger partial charge is 0.244 e. The predicted molar refractivity (Wildman–Crippen MR) is 94.0 cm³/mol. The standard InChI is InChI=1S/C19H22N2O2S/c1-15-7-5-11-18(13-15)24(22,23)21-14-17-10-6-12-20(17)19(21)16-8-3-2-4-9-16/h2-5,7-9,11,13,17,19H,6,10,12,14H2,1H3. The van der Waals surface area contributed by atoms with Gasteiger partial charge in [-0.15, -0.1) is 0 Å². The summed E-state index contributed by atoms with van der Waals surface area (Å²) in [6.07, 6.45) is 2.03. The van der Waals surface area contributed by atoms with Gasteiger partial charge in [0.15, 0.2) is 0 Å². The van der Waals surface area contributed by atoms with Crippen LogP contribution in [0, 0.1) is 6.92 Å². The second kappa shape index (κ2) is 5.99. The largest absolute Gasteiger partial charge is 0.279 e. The monoisotopic (exact) mass is 342 g/mol. The number of hydrogen-bond donors (Lipinski definition) is 0. The maximum absolute atomic E-state index is 13.3. The molecule has 0 aromatic heterocycles. The molecule has 2 heterocycles. The molecule has 0 N–H and O–H groups in total. The molecular weight excluding hydrogens is 320 g/mol. The van der Waals surface area contributed by atoms with Crippen molar-refractivity contribution < 1.29 is 8.42 Å². The van der Waals surface area contributed by atoms with Gasteiger partial charge in [-0.1, -0.05) is 42.5 Å². The highest BCUT2D eigenvalue weighted by Gasteiger charge is 2.47. The van der Waals surface area contributed by atoms with E-state index < -0.39 is 10.0 Å². The Morgan fingerprint density at radius 2 is 1.83 bits per heavy atom. The second-order valence-electron chi connectivity index (χ2n) is 6.71. The van der Waals surface area contributed by atoms with E-state index in [0.29, 0.717) is 17.5 Å². The molecule has 0 amide bonds. The van der Waals surface area contributed by atoms with Crippen LogP contribution in [0.3, 0.4) is 0 Å². The lowest BCUT2D eigenvalue weighted by molar-refractivity contribution is 0.198. The summed E-state index contributed by atoms with van der Waals surface area (Å²) in [7, 11) is -3.51. The van der Waals surface area contributed by atoms with Gasteiger partial charge in [-0.25, -0.2) is 8.42 Å². The van der Waals surface area contributed by atoms with Crippen LogP contribution < -0.4 is 0 Å². The predicted octanol–water partition coefficient (Wildman–Crippen LogP) is 3.16. The molecule has 126 valence electrons. The molecule has 5 heteroatoms.